The van der Waals surface area contributed by atoms with E-state index in [-0.39, 0.29) is 41.2 Å². The molecule has 0 aliphatic carbocycles. The molecule has 212 valence electrons. The average Bonchev–Trinajstić information content (AvgIpc) is 2.87. The minimum Gasteiger partial charge on any atom is -0.326 e. The smallest absolute Gasteiger partial charge is 0.326 e. The molecular weight excluding hydrogens is 561 g/mol. The number of pyridine rings is 1. The van der Waals surface area contributed by atoms with Crippen molar-refractivity contribution in [2.75, 3.05) is 27.7 Å². The molecule has 1 fully saturated rings. The number of sulfonamides is 1. The number of aromatic nitrogens is 1. The summed E-state index contributed by atoms with van der Waals surface area (Å²) in [6.45, 7) is 0.0311. The highest BCUT2D eigenvalue weighted by Crippen LogP contribution is 2.35. The van der Waals surface area contributed by atoms with Crippen molar-refractivity contribution in [1.82, 2.24) is 10.3 Å². The number of hydrogen-bond acceptors (Lipinski definition) is 5. The molecule has 3 N–H and O–H groups in total. The van der Waals surface area contributed by atoms with Gasteiger partial charge in [0.2, 0.25) is 15.9 Å². The van der Waals surface area contributed by atoms with Gasteiger partial charge in [0.1, 0.15) is 11.7 Å². The monoisotopic (exact) mass is 583 g/mol. The van der Waals surface area contributed by atoms with Crippen LogP contribution in [0.15, 0.2) is 54.7 Å². The highest BCUT2D eigenvalue weighted by molar-refractivity contribution is 7.92. The molecule has 3 amide bonds. The van der Waals surface area contributed by atoms with Crippen LogP contribution in [0.3, 0.4) is 0 Å². The van der Waals surface area contributed by atoms with Gasteiger partial charge in [-0.3, -0.25) is 9.52 Å². The molecule has 9 nitrogen and oxygen atoms in total. The van der Waals surface area contributed by atoms with Gasteiger partial charge in [0.25, 0.3) is 0 Å². The Hall–Kier alpha value is -4.27. The Morgan fingerprint density at radius 3 is 2.40 bits per heavy atom. The van der Waals surface area contributed by atoms with Crippen molar-refractivity contribution in [1.29, 1.82) is 0 Å². The van der Waals surface area contributed by atoms with Gasteiger partial charge in [-0.15, -0.1) is 0 Å². The summed E-state index contributed by atoms with van der Waals surface area (Å²) in [5.41, 5.74) is -1.71. The van der Waals surface area contributed by atoms with Crippen LogP contribution in [-0.2, 0) is 21.0 Å². The Kier molecular flexibility index (Phi) is 7.95. The number of benzene rings is 2. The lowest BCUT2D eigenvalue weighted by atomic mass is 10.00. The van der Waals surface area contributed by atoms with Crippen LogP contribution in [0.4, 0.5) is 43.8 Å². The lowest BCUT2D eigenvalue weighted by molar-refractivity contribution is -0.141. The van der Waals surface area contributed by atoms with Crippen LogP contribution in [0.5, 0.6) is 0 Å². The van der Waals surface area contributed by atoms with Crippen LogP contribution >= 0.6 is 0 Å². The van der Waals surface area contributed by atoms with E-state index in [4.69, 9.17) is 0 Å². The third kappa shape index (κ3) is 6.47. The quantitative estimate of drug-likeness (QED) is 0.363. The summed E-state index contributed by atoms with van der Waals surface area (Å²) < 4.78 is 94.2. The summed E-state index contributed by atoms with van der Waals surface area (Å²) in [5.74, 6) is -3.38. The fourth-order valence-electron chi connectivity index (χ4n) is 4.17. The molecule has 1 aliphatic rings. The van der Waals surface area contributed by atoms with Crippen molar-refractivity contribution in [3.05, 3.63) is 72.1 Å². The molecule has 0 spiro atoms. The summed E-state index contributed by atoms with van der Waals surface area (Å²) in [4.78, 5) is 29.7. The number of hydrogen-bond donors (Lipinski definition) is 3. The van der Waals surface area contributed by atoms with Gasteiger partial charge >= 0.3 is 12.2 Å². The molecule has 0 bridgehead atoms. The molecule has 0 unspecified atom stereocenters. The first kappa shape index (κ1) is 28.7. The second kappa shape index (κ2) is 11.1. The topological polar surface area (TPSA) is 120 Å². The van der Waals surface area contributed by atoms with Crippen molar-refractivity contribution in [2.45, 2.75) is 25.1 Å². The van der Waals surface area contributed by atoms with Gasteiger partial charge in [-0.05, 0) is 43.2 Å². The van der Waals surface area contributed by atoms with E-state index < -0.39 is 51.5 Å². The first-order chi connectivity index (χ1) is 18.7. The predicted octanol–water partition coefficient (Wildman–Crippen LogP) is 4.73. The summed E-state index contributed by atoms with van der Waals surface area (Å²) in [6, 6.07) is 7.86. The molecule has 0 saturated carbocycles. The molecule has 0 radical (unpaired) electrons. The van der Waals surface area contributed by atoms with Gasteiger partial charge < -0.3 is 15.5 Å². The van der Waals surface area contributed by atoms with Crippen LogP contribution in [0, 0.1) is 11.6 Å². The van der Waals surface area contributed by atoms with Crippen molar-refractivity contribution in [2.24, 2.45) is 0 Å². The number of piperidine rings is 1. The first-order valence-corrected chi connectivity index (χ1v) is 13.6. The molecule has 15 heteroatoms. The van der Waals surface area contributed by atoms with Crippen LogP contribution in [0.2, 0.25) is 0 Å². The van der Waals surface area contributed by atoms with Crippen LogP contribution in [0.1, 0.15) is 18.5 Å². The van der Waals surface area contributed by atoms with Gasteiger partial charge in [-0.1, -0.05) is 18.2 Å². The minimum atomic E-state index is -4.65. The number of nitrogens with zero attached hydrogens (tertiary/aromatic N) is 2. The Morgan fingerprint density at radius 2 is 1.75 bits per heavy atom. The third-order valence-electron chi connectivity index (χ3n) is 5.92. The number of para-hydroxylation sites is 1. The molecule has 1 atom stereocenters. The van der Waals surface area contributed by atoms with Crippen LogP contribution in [0.25, 0.3) is 11.1 Å². The molecule has 3 aromatic rings. The van der Waals surface area contributed by atoms with E-state index >= 15 is 8.78 Å². The largest absolute Gasteiger partial charge is 0.433 e. The van der Waals surface area contributed by atoms with Gasteiger partial charge in [0.05, 0.1) is 29.5 Å². The molecule has 1 aliphatic heterocycles. The minimum absolute atomic E-state index is 0.0311. The highest BCUT2D eigenvalue weighted by Gasteiger charge is 2.34. The molecule has 1 saturated heterocycles. The second-order valence-electron chi connectivity index (χ2n) is 8.89. The number of anilines is 3. The maximum absolute atomic E-state index is 15.3. The van der Waals surface area contributed by atoms with Crippen molar-refractivity contribution < 1.29 is 40.0 Å². The maximum Gasteiger partial charge on any atom is 0.433 e. The zero-order valence-electron chi connectivity index (χ0n) is 20.7. The second-order valence-corrected chi connectivity index (χ2v) is 10.6. The molecule has 4 rings (SSSR count). The third-order valence-corrected chi connectivity index (χ3v) is 6.51. The van der Waals surface area contributed by atoms with Crippen molar-refractivity contribution in [3.8, 4) is 11.1 Å². The van der Waals surface area contributed by atoms with Crippen LogP contribution in [-0.4, -0.2) is 44.2 Å². The normalized spacial score (nSPS) is 16.0. The van der Waals surface area contributed by atoms with Crippen LogP contribution < -0.4 is 20.3 Å². The molecule has 2 heterocycles. The van der Waals surface area contributed by atoms with E-state index in [0.717, 1.165) is 23.4 Å². The summed E-state index contributed by atoms with van der Waals surface area (Å²) in [5, 5.41) is 4.67. The Labute approximate surface area is 225 Å². The zero-order valence-corrected chi connectivity index (χ0v) is 21.5. The van der Waals surface area contributed by atoms with Crippen molar-refractivity contribution in [3.63, 3.8) is 0 Å². The SMILES string of the molecule is CS(=O)(=O)Nc1ccccc1-c1ccc(N2CCC[C@@H](NC(=O)Nc3ccc(C(F)(F)F)nc3)C2=O)c(F)c1F. The van der Waals surface area contributed by atoms with Gasteiger partial charge in [0, 0.05) is 17.7 Å². The van der Waals surface area contributed by atoms with E-state index in [1.54, 1.807) is 0 Å². The molecule has 2 aromatic carbocycles. The fourth-order valence-corrected chi connectivity index (χ4v) is 4.75. The Bertz CT molecular complexity index is 1550. The summed E-state index contributed by atoms with van der Waals surface area (Å²) in [6.07, 6.45) is -2.43. The summed E-state index contributed by atoms with van der Waals surface area (Å²) in [7, 11) is -3.71. The first-order valence-electron chi connectivity index (χ1n) is 11.7. The maximum atomic E-state index is 15.3. The lowest BCUT2D eigenvalue weighted by Crippen LogP contribution is -2.53. The Balaban J connectivity index is 1.51. The number of amides is 3. The Morgan fingerprint density at radius 1 is 1.02 bits per heavy atom. The van der Waals surface area contributed by atoms with Gasteiger partial charge in [-0.2, -0.15) is 13.2 Å². The van der Waals surface area contributed by atoms with Gasteiger partial charge in [-0.25, -0.2) is 27.0 Å². The predicted molar refractivity (Wildman–Crippen MR) is 137 cm³/mol. The van der Waals surface area contributed by atoms with Gasteiger partial charge in [0.15, 0.2) is 11.6 Å². The van der Waals surface area contributed by atoms with E-state index in [2.05, 4.69) is 20.3 Å². The highest BCUT2D eigenvalue weighted by atomic mass is 32.2. The van der Waals surface area contributed by atoms with E-state index in [9.17, 15) is 31.2 Å². The number of rotatable bonds is 6. The lowest BCUT2D eigenvalue weighted by Gasteiger charge is -2.33. The van der Waals surface area contributed by atoms with E-state index in [1.165, 1.54) is 36.4 Å². The number of halogens is 5. The number of alkyl halides is 3. The number of nitrogens with one attached hydrogen (secondary N) is 3. The van der Waals surface area contributed by atoms with E-state index in [0.29, 0.717) is 12.5 Å². The molecule has 1 aromatic heterocycles. The molecule has 40 heavy (non-hydrogen) atoms. The zero-order chi connectivity index (χ0) is 29.2. The molecular formula is C25H22F5N5O4S. The summed E-state index contributed by atoms with van der Waals surface area (Å²) >= 11 is 0. The number of urea groups is 1. The van der Waals surface area contributed by atoms with Crippen molar-refractivity contribution >= 4 is 39.0 Å². The standard InChI is InChI=1S/C25H22F5N5O4S/c1-40(38,39)34-17-6-3-2-5-15(17)16-9-10-19(22(27)21(16)26)35-12-4-7-18(23(35)36)33-24(37)32-14-8-11-20(31-13-14)25(28,29)30/h2-3,5-6,8-11,13,18,34H,4,7,12H2,1H3,(H2,32,33,37)/t18-/m1/s1. The van der Waals surface area contributed by atoms with E-state index in [1.807, 2.05) is 0 Å². The fraction of sp³-hybridized carbons (Fsp3) is 0.240. The average molecular weight is 584 g/mol. The number of carbonyl (C=O) groups excluding carboxylic acids is 2. The number of carbonyl (C=O) groups is 2.